The minimum absolute atomic E-state index is 0.0931. The standard InChI is InChI=1S/C12H18ClN3O2/c13-10-9(6-15-16-11(10)18)14-7-12(8-17)4-2-1-3-5-12/h6,17H,1-5,7-8H2,(H2,14,16,18). The van der Waals surface area contributed by atoms with Crippen LogP contribution in [0.5, 0.6) is 0 Å². The van der Waals surface area contributed by atoms with Crippen LogP contribution in [-0.2, 0) is 0 Å². The number of H-pyrrole nitrogens is 1. The van der Waals surface area contributed by atoms with Crippen molar-refractivity contribution in [3.05, 3.63) is 21.6 Å². The number of aliphatic hydroxyl groups excluding tert-OH is 1. The van der Waals surface area contributed by atoms with E-state index in [1.165, 1.54) is 12.6 Å². The zero-order chi connectivity index (χ0) is 13.0. The summed E-state index contributed by atoms with van der Waals surface area (Å²) in [7, 11) is 0. The highest BCUT2D eigenvalue weighted by Gasteiger charge is 2.31. The molecule has 1 fully saturated rings. The molecule has 0 spiro atoms. The lowest BCUT2D eigenvalue weighted by atomic mass is 9.74. The van der Waals surface area contributed by atoms with Gasteiger partial charge >= 0.3 is 0 Å². The van der Waals surface area contributed by atoms with E-state index < -0.39 is 5.56 Å². The lowest BCUT2D eigenvalue weighted by Crippen LogP contribution is -2.35. The highest BCUT2D eigenvalue weighted by molar-refractivity contribution is 6.32. The summed E-state index contributed by atoms with van der Waals surface area (Å²) < 4.78 is 0. The molecule has 1 aromatic heterocycles. The van der Waals surface area contributed by atoms with Gasteiger partial charge in [-0.05, 0) is 12.8 Å². The first-order chi connectivity index (χ1) is 8.67. The number of rotatable bonds is 4. The van der Waals surface area contributed by atoms with Gasteiger partial charge in [0.25, 0.3) is 5.56 Å². The van der Waals surface area contributed by atoms with Gasteiger partial charge in [0.1, 0.15) is 5.02 Å². The van der Waals surface area contributed by atoms with E-state index in [2.05, 4.69) is 15.5 Å². The number of anilines is 1. The summed E-state index contributed by atoms with van der Waals surface area (Å²) in [6, 6.07) is 0. The van der Waals surface area contributed by atoms with E-state index in [1.807, 2.05) is 0 Å². The molecule has 1 aliphatic carbocycles. The average Bonchev–Trinajstić information content (AvgIpc) is 2.41. The van der Waals surface area contributed by atoms with Crippen LogP contribution in [-0.4, -0.2) is 28.5 Å². The first kappa shape index (κ1) is 13.4. The third-order valence-electron chi connectivity index (χ3n) is 3.70. The number of halogens is 1. The summed E-state index contributed by atoms with van der Waals surface area (Å²) >= 11 is 5.89. The summed E-state index contributed by atoms with van der Waals surface area (Å²) in [5, 5.41) is 18.8. The van der Waals surface area contributed by atoms with Gasteiger partial charge in [0.2, 0.25) is 0 Å². The fourth-order valence-electron chi connectivity index (χ4n) is 2.48. The molecule has 0 amide bonds. The Labute approximate surface area is 111 Å². The van der Waals surface area contributed by atoms with E-state index in [0.29, 0.717) is 12.2 Å². The van der Waals surface area contributed by atoms with Crippen molar-refractivity contribution in [1.82, 2.24) is 10.2 Å². The predicted molar refractivity (Wildman–Crippen MR) is 71.0 cm³/mol. The molecular formula is C12H18ClN3O2. The molecule has 1 aliphatic rings. The quantitative estimate of drug-likeness (QED) is 0.780. The van der Waals surface area contributed by atoms with Gasteiger partial charge in [0.15, 0.2) is 0 Å². The number of hydrogen-bond acceptors (Lipinski definition) is 4. The number of aromatic amines is 1. The molecule has 1 aromatic rings. The van der Waals surface area contributed by atoms with Crippen molar-refractivity contribution in [1.29, 1.82) is 0 Å². The van der Waals surface area contributed by atoms with Crippen molar-refractivity contribution in [3.63, 3.8) is 0 Å². The van der Waals surface area contributed by atoms with Gasteiger partial charge in [0.05, 0.1) is 18.5 Å². The Bertz CT molecular complexity index is 455. The van der Waals surface area contributed by atoms with Crippen LogP contribution in [0.3, 0.4) is 0 Å². The molecule has 1 saturated carbocycles. The molecule has 0 atom stereocenters. The third kappa shape index (κ3) is 2.84. The Morgan fingerprint density at radius 2 is 2.17 bits per heavy atom. The molecule has 18 heavy (non-hydrogen) atoms. The van der Waals surface area contributed by atoms with Crippen molar-refractivity contribution in [3.8, 4) is 0 Å². The van der Waals surface area contributed by atoms with Gasteiger partial charge in [-0.15, -0.1) is 0 Å². The Kier molecular flexibility index (Phi) is 4.24. The topological polar surface area (TPSA) is 78.0 Å². The Morgan fingerprint density at radius 1 is 1.44 bits per heavy atom. The second kappa shape index (κ2) is 5.71. The summed E-state index contributed by atoms with van der Waals surface area (Å²) in [6.45, 7) is 0.780. The van der Waals surface area contributed by atoms with E-state index in [9.17, 15) is 9.90 Å². The first-order valence-corrected chi connectivity index (χ1v) is 6.63. The van der Waals surface area contributed by atoms with E-state index >= 15 is 0 Å². The number of nitrogens with zero attached hydrogens (tertiary/aromatic N) is 1. The minimum atomic E-state index is -0.400. The van der Waals surface area contributed by atoms with Crippen molar-refractivity contribution >= 4 is 17.3 Å². The van der Waals surface area contributed by atoms with Gasteiger partial charge in [0, 0.05) is 12.0 Å². The fraction of sp³-hybridized carbons (Fsp3) is 0.667. The highest BCUT2D eigenvalue weighted by atomic mass is 35.5. The second-order valence-corrected chi connectivity index (χ2v) is 5.38. The van der Waals surface area contributed by atoms with Crippen LogP contribution < -0.4 is 10.9 Å². The molecule has 2 rings (SSSR count). The fourth-order valence-corrected chi connectivity index (χ4v) is 2.64. The first-order valence-electron chi connectivity index (χ1n) is 6.25. The number of hydrogen-bond donors (Lipinski definition) is 3. The number of nitrogens with one attached hydrogen (secondary N) is 2. The molecule has 0 radical (unpaired) electrons. The van der Waals surface area contributed by atoms with E-state index in [4.69, 9.17) is 11.6 Å². The largest absolute Gasteiger partial charge is 0.396 e. The molecule has 0 saturated heterocycles. The van der Waals surface area contributed by atoms with Crippen LogP contribution in [0.25, 0.3) is 0 Å². The third-order valence-corrected chi connectivity index (χ3v) is 4.07. The van der Waals surface area contributed by atoms with E-state index in [1.54, 1.807) is 0 Å². The Balaban J connectivity index is 2.05. The van der Waals surface area contributed by atoms with Crippen LogP contribution >= 0.6 is 11.6 Å². The van der Waals surface area contributed by atoms with E-state index in [0.717, 1.165) is 25.7 Å². The molecule has 0 aromatic carbocycles. The summed E-state index contributed by atoms with van der Waals surface area (Å²) in [6.07, 6.45) is 7.02. The molecule has 5 nitrogen and oxygen atoms in total. The van der Waals surface area contributed by atoms with Gasteiger partial charge in [-0.25, -0.2) is 5.10 Å². The monoisotopic (exact) mass is 271 g/mol. The molecule has 0 unspecified atom stereocenters. The van der Waals surface area contributed by atoms with Gasteiger partial charge in [-0.2, -0.15) is 5.10 Å². The van der Waals surface area contributed by atoms with Crippen LogP contribution in [0.4, 0.5) is 5.69 Å². The predicted octanol–water partition coefficient (Wildman–Crippen LogP) is 1.78. The highest BCUT2D eigenvalue weighted by Crippen LogP contribution is 2.36. The van der Waals surface area contributed by atoms with Crippen LogP contribution in [0.2, 0.25) is 5.02 Å². The van der Waals surface area contributed by atoms with Gasteiger partial charge in [-0.3, -0.25) is 4.79 Å². The van der Waals surface area contributed by atoms with Crippen molar-refractivity contribution in [2.75, 3.05) is 18.5 Å². The van der Waals surface area contributed by atoms with E-state index in [-0.39, 0.29) is 17.0 Å². The Hall–Kier alpha value is -1.07. The SMILES string of the molecule is O=c1[nH]ncc(NCC2(CO)CCCCC2)c1Cl. The van der Waals surface area contributed by atoms with Crippen LogP contribution in [0.1, 0.15) is 32.1 Å². The summed E-state index contributed by atoms with van der Waals surface area (Å²) in [5.74, 6) is 0. The molecular weight excluding hydrogens is 254 g/mol. The lowest BCUT2D eigenvalue weighted by molar-refractivity contribution is 0.0944. The number of aliphatic hydroxyl groups is 1. The van der Waals surface area contributed by atoms with Gasteiger partial charge in [-0.1, -0.05) is 30.9 Å². The maximum Gasteiger partial charge on any atom is 0.285 e. The maximum atomic E-state index is 11.3. The van der Waals surface area contributed by atoms with Crippen molar-refractivity contribution < 1.29 is 5.11 Å². The van der Waals surface area contributed by atoms with Gasteiger partial charge < -0.3 is 10.4 Å². The average molecular weight is 272 g/mol. The smallest absolute Gasteiger partial charge is 0.285 e. The molecule has 6 heteroatoms. The molecule has 3 N–H and O–H groups in total. The normalized spacial score (nSPS) is 18.6. The number of aromatic nitrogens is 2. The summed E-state index contributed by atoms with van der Waals surface area (Å²) in [4.78, 5) is 11.3. The molecule has 100 valence electrons. The lowest BCUT2D eigenvalue weighted by Gasteiger charge is -2.36. The zero-order valence-corrected chi connectivity index (χ0v) is 11.0. The molecule has 1 heterocycles. The summed E-state index contributed by atoms with van der Waals surface area (Å²) in [5.41, 5.74) is 0.0339. The van der Waals surface area contributed by atoms with Crippen LogP contribution in [0.15, 0.2) is 11.0 Å². The Morgan fingerprint density at radius 3 is 2.83 bits per heavy atom. The zero-order valence-electron chi connectivity index (χ0n) is 10.2. The second-order valence-electron chi connectivity index (χ2n) is 5.00. The maximum absolute atomic E-state index is 11.3. The van der Waals surface area contributed by atoms with Crippen molar-refractivity contribution in [2.45, 2.75) is 32.1 Å². The van der Waals surface area contributed by atoms with Crippen molar-refractivity contribution in [2.24, 2.45) is 5.41 Å². The minimum Gasteiger partial charge on any atom is -0.396 e. The molecule has 0 bridgehead atoms. The van der Waals surface area contributed by atoms with Crippen LogP contribution in [0, 0.1) is 5.41 Å². The molecule has 0 aliphatic heterocycles.